The van der Waals surface area contributed by atoms with Gasteiger partial charge in [0.15, 0.2) is 0 Å². The van der Waals surface area contributed by atoms with Crippen LogP contribution in [-0.2, 0) is 0 Å². The third-order valence-electron chi connectivity index (χ3n) is 7.90. The van der Waals surface area contributed by atoms with Crippen LogP contribution in [0, 0.1) is 13.8 Å². The van der Waals surface area contributed by atoms with Crippen molar-refractivity contribution in [2.75, 3.05) is 0 Å². The summed E-state index contributed by atoms with van der Waals surface area (Å²) in [5, 5.41) is 7.72. The van der Waals surface area contributed by atoms with Gasteiger partial charge in [-0.25, -0.2) is 0 Å². The predicted octanol–water partition coefficient (Wildman–Crippen LogP) is 10.8. The minimum Gasteiger partial charge on any atom is -0.0622 e. The van der Waals surface area contributed by atoms with Crippen molar-refractivity contribution < 1.29 is 0 Å². The van der Waals surface area contributed by atoms with Crippen LogP contribution in [0.15, 0.2) is 133 Å². The smallest absolute Gasteiger partial charge is 0.00262 e. The number of fused-ring (bicyclic) bond motifs is 3. The van der Waals surface area contributed by atoms with Gasteiger partial charge in [0, 0.05) is 0 Å². The zero-order chi connectivity index (χ0) is 25.6. The summed E-state index contributed by atoms with van der Waals surface area (Å²) in [7, 11) is 0. The van der Waals surface area contributed by atoms with E-state index in [1.165, 1.54) is 76.8 Å². The van der Waals surface area contributed by atoms with Gasteiger partial charge in [0.1, 0.15) is 0 Å². The van der Waals surface area contributed by atoms with Crippen LogP contribution >= 0.6 is 0 Å². The van der Waals surface area contributed by atoms with Crippen molar-refractivity contribution in [1.82, 2.24) is 0 Å². The molecule has 180 valence electrons. The molecule has 0 bridgehead atoms. The number of hydrogen-bond acceptors (Lipinski definition) is 0. The topological polar surface area (TPSA) is 0 Å². The monoisotopic (exact) mass is 484 g/mol. The Kier molecular flexibility index (Phi) is 5.34. The van der Waals surface area contributed by atoms with Crippen LogP contribution < -0.4 is 0 Å². The quantitative estimate of drug-likeness (QED) is 0.219. The number of aryl methyl sites for hydroxylation is 2. The van der Waals surface area contributed by atoms with Crippen molar-refractivity contribution in [2.24, 2.45) is 0 Å². The van der Waals surface area contributed by atoms with Crippen LogP contribution in [0.5, 0.6) is 0 Å². The molecule has 0 spiro atoms. The molecule has 0 radical (unpaired) electrons. The second kappa shape index (κ2) is 9.01. The third kappa shape index (κ3) is 3.61. The van der Waals surface area contributed by atoms with E-state index in [-0.39, 0.29) is 0 Å². The predicted molar refractivity (Wildman–Crippen MR) is 165 cm³/mol. The van der Waals surface area contributed by atoms with Gasteiger partial charge in [0.05, 0.1) is 0 Å². The second-order valence-electron chi connectivity index (χ2n) is 10.3. The molecule has 0 aliphatic rings. The zero-order valence-corrected chi connectivity index (χ0v) is 21.7. The highest BCUT2D eigenvalue weighted by Crippen LogP contribution is 2.44. The van der Waals surface area contributed by atoms with Gasteiger partial charge in [0.25, 0.3) is 0 Å². The molecule has 0 amide bonds. The number of rotatable bonds is 3. The lowest BCUT2D eigenvalue weighted by atomic mass is 9.84. The second-order valence-corrected chi connectivity index (χ2v) is 10.3. The van der Waals surface area contributed by atoms with E-state index in [9.17, 15) is 0 Å². The van der Waals surface area contributed by atoms with Crippen molar-refractivity contribution in [2.45, 2.75) is 13.8 Å². The highest BCUT2D eigenvalue weighted by atomic mass is 14.2. The van der Waals surface area contributed by atoms with Crippen LogP contribution in [0.4, 0.5) is 0 Å². The summed E-state index contributed by atoms with van der Waals surface area (Å²) < 4.78 is 0. The summed E-state index contributed by atoms with van der Waals surface area (Å²) in [6.45, 7) is 4.45. The molecule has 0 aliphatic heterocycles. The van der Waals surface area contributed by atoms with Crippen molar-refractivity contribution in [3.8, 4) is 33.4 Å². The Hall–Kier alpha value is -4.68. The van der Waals surface area contributed by atoms with E-state index in [0.29, 0.717) is 0 Å². The molecular formula is C38H28. The molecule has 7 aromatic carbocycles. The Balaban J connectivity index is 1.54. The first kappa shape index (κ1) is 22.5. The molecular weight excluding hydrogens is 456 g/mol. The molecule has 38 heavy (non-hydrogen) atoms. The van der Waals surface area contributed by atoms with Crippen LogP contribution in [0.1, 0.15) is 11.1 Å². The lowest BCUT2D eigenvalue weighted by Gasteiger charge is -2.19. The van der Waals surface area contributed by atoms with Gasteiger partial charge in [-0.15, -0.1) is 0 Å². The van der Waals surface area contributed by atoms with Gasteiger partial charge < -0.3 is 0 Å². The molecule has 0 aromatic heterocycles. The third-order valence-corrected chi connectivity index (χ3v) is 7.90. The lowest BCUT2D eigenvalue weighted by Crippen LogP contribution is -1.93. The van der Waals surface area contributed by atoms with E-state index < -0.39 is 0 Å². The molecule has 0 atom stereocenters. The number of hydrogen-bond donors (Lipinski definition) is 0. The molecule has 0 heteroatoms. The molecule has 0 fully saturated rings. The molecule has 0 aliphatic carbocycles. The van der Waals surface area contributed by atoms with Gasteiger partial charge in [0.2, 0.25) is 0 Å². The Labute approximate surface area is 223 Å². The van der Waals surface area contributed by atoms with Crippen molar-refractivity contribution in [1.29, 1.82) is 0 Å². The summed E-state index contributed by atoms with van der Waals surface area (Å²) in [6.07, 6.45) is 0. The maximum atomic E-state index is 2.41. The fraction of sp³-hybridized carbons (Fsp3) is 0.0526. The first-order valence-electron chi connectivity index (χ1n) is 13.3. The molecule has 0 heterocycles. The summed E-state index contributed by atoms with van der Waals surface area (Å²) in [5.74, 6) is 0. The van der Waals surface area contributed by atoms with E-state index in [0.717, 1.165) is 0 Å². The molecule has 7 rings (SSSR count). The van der Waals surface area contributed by atoms with Crippen molar-refractivity contribution >= 4 is 32.3 Å². The van der Waals surface area contributed by atoms with E-state index in [1.807, 2.05) is 0 Å². The fourth-order valence-corrected chi connectivity index (χ4v) is 6.07. The van der Waals surface area contributed by atoms with Crippen molar-refractivity contribution in [3.63, 3.8) is 0 Å². The first-order chi connectivity index (χ1) is 18.7. The standard InChI is InChI=1S/C38H28/c1-25-20-21-30(24-35(25)36-23-29-15-7-6-14-28(29)22-26(36)2)38-33-18-10-8-16-31(33)37(27-12-4-3-5-13-27)32-17-9-11-19-34(32)38/h3-24H,1-2H3. The maximum Gasteiger partial charge on any atom is -0.00262 e. The Bertz CT molecular complexity index is 1920. The van der Waals surface area contributed by atoms with Gasteiger partial charge >= 0.3 is 0 Å². The lowest BCUT2D eigenvalue weighted by molar-refractivity contribution is 1.42. The largest absolute Gasteiger partial charge is 0.0622 e. The minimum atomic E-state index is 1.25. The van der Waals surface area contributed by atoms with E-state index in [1.54, 1.807) is 0 Å². The molecule has 0 N–H and O–H groups in total. The van der Waals surface area contributed by atoms with E-state index in [2.05, 4.69) is 147 Å². The summed E-state index contributed by atoms with van der Waals surface area (Å²) in [4.78, 5) is 0. The first-order valence-corrected chi connectivity index (χ1v) is 13.3. The average molecular weight is 485 g/mol. The minimum absolute atomic E-state index is 1.25. The van der Waals surface area contributed by atoms with Gasteiger partial charge in [-0.3, -0.25) is 0 Å². The van der Waals surface area contributed by atoms with Crippen molar-refractivity contribution in [3.05, 3.63) is 145 Å². The highest BCUT2D eigenvalue weighted by molar-refractivity contribution is 6.21. The van der Waals surface area contributed by atoms with Gasteiger partial charge in [-0.1, -0.05) is 121 Å². The SMILES string of the molecule is Cc1ccc(-c2c3ccccc3c(-c3ccccc3)c3ccccc23)cc1-c1cc2ccccc2cc1C. The maximum absolute atomic E-state index is 2.41. The molecule has 0 unspecified atom stereocenters. The van der Waals surface area contributed by atoms with Gasteiger partial charge in [-0.05, 0) is 103 Å². The fourth-order valence-electron chi connectivity index (χ4n) is 6.07. The van der Waals surface area contributed by atoms with Crippen LogP contribution in [-0.4, -0.2) is 0 Å². The highest BCUT2D eigenvalue weighted by Gasteiger charge is 2.17. The summed E-state index contributed by atoms with van der Waals surface area (Å²) in [6, 6.07) is 48.9. The molecule has 7 aromatic rings. The van der Waals surface area contributed by atoms with E-state index >= 15 is 0 Å². The summed E-state index contributed by atoms with van der Waals surface area (Å²) in [5.41, 5.74) is 10.3. The molecule has 0 saturated heterocycles. The van der Waals surface area contributed by atoms with Crippen LogP contribution in [0.3, 0.4) is 0 Å². The molecule has 0 saturated carbocycles. The van der Waals surface area contributed by atoms with Gasteiger partial charge in [-0.2, -0.15) is 0 Å². The number of benzene rings is 7. The molecule has 0 nitrogen and oxygen atoms in total. The Morgan fingerprint density at radius 3 is 1.42 bits per heavy atom. The average Bonchev–Trinajstić information content (AvgIpc) is 2.96. The Morgan fingerprint density at radius 1 is 0.342 bits per heavy atom. The van der Waals surface area contributed by atoms with Crippen LogP contribution in [0.2, 0.25) is 0 Å². The zero-order valence-electron chi connectivity index (χ0n) is 21.7. The summed E-state index contributed by atoms with van der Waals surface area (Å²) >= 11 is 0. The normalized spacial score (nSPS) is 11.4. The Morgan fingerprint density at radius 2 is 0.816 bits per heavy atom. The van der Waals surface area contributed by atoms with Crippen LogP contribution in [0.25, 0.3) is 65.7 Å². The van der Waals surface area contributed by atoms with E-state index in [4.69, 9.17) is 0 Å².